The number of aromatic hydroxyl groups is 1. The van der Waals surface area contributed by atoms with Crippen LogP contribution in [0.3, 0.4) is 0 Å². The number of anilines is 1. The second-order valence-electron chi connectivity index (χ2n) is 15.8. The first-order valence-electron chi connectivity index (χ1n) is 21.0. The minimum atomic E-state index is -0.671. The van der Waals surface area contributed by atoms with Crippen LogP contribution in [0.2, 0.25) is 0 Å². The van der Waals surface area contributed by atoms with E-state index in [-0.39, 0.29) is 35.4 Å². The van der Waals surface area contributed by atoms with E-state index >= 15 is 0 Å². The van der Waals surface area contributed by atoms with Crippen LogP contribution in [-0.2, 0) is 24.6 Å². The summed E-state index contributed by atoms with van der Waals surface area (Å²) in [5, 5.41) is 12.5. The molecule has 4 aliphatic heterocycles. The van der Waals surface area contributed by atoms with Crippen LogP contribution >= 0.6 is 0 Å². The molecule has 7 rings (SSSR count). The van der Waals surface area contributed by atoms with Gasteiger partial charge in [0, 0.05) is 101 Å². The predicted molar refractivity (Wildman–Crippen MR) is 231 cm³/mol. The zero-order valence-corrected chi connectivity index (χ0v) is 34.3. The van der Waals surface area contributed by atoms with Crippen molar-refractivity contribution in [2.24, 2.45) is 11.5 Å². The molecule has 0 atom stereocenters. The fraction of sp³-hybridized carbons (Fsp3) is 0.435. The minimum Gasteiger partial charge on any atom is -0.507 e. The van der Waals surface area contributed by atoms with Crippen molar-refractivity contribution in [3.63, 3.8) is 0 Å². The summed E-state index contributed by atoms with van der Waals surface area (Å²) in [5.41, 5.74) is 15.8. The third-order valence-electron chi connectivity index (χ3n) is 12.2. The third kappa shape index (κ3) is 10.6. The number of piperidine rings is 3. The van der Waals surface area contributed by atoms with Crippen LogP contribution in [0.15, 0.2) is 103 Å². The van der Waals surface area contributed by atoms with Crippen LogP contribution in [0.1, 0.15) is 63.0 Å². The molecule has 0 bridgehead atoms. The molecule has 4 fully saturated rings. The van der Waals surface area contributed by atoms with Gasteiger partial charge in [-0.05, 0) is 74.9 Å². The maximum Gasteiger partial charge on any atom is 0.236 e. The van der Waals surface area contributed by atoms with Gasteiger partial charge in [-0.3, -0.25) is 29.4 Å². The van der Waals surface area contributed by atoms with Gasteiger partial charge in [0.2, 0.25) is 23.6 Å². The number of piperazine rings is 1. The third-order valence-corrected chi connectivity index (χ3v) is 12.2. The fourth-order valence-electron chi connectivity index (χ4n) is 8.78. The fourth-order valence-corrected chi connectivity index (χ4v) is 8.78. The van der Waals surface area contributed by atoms with E-state index in [1.807, 2.05) is 35.2 Å². The number of phenolic OH excluding ortho intramolecular Hbond substituents is 1. The monoisotopic (exact) mass is 804 g/mol. The van der Waals surface area contributed by atoms with Gasteiger partial charge in [0.15, 0.2) is 0 Å². The van der Waals surface area contributed by atoms with Crippen molar-refractivity contribution < 1.29 is 24.3 Å². The maximum absolute atomic E-state index is 14.8. The molecule has 0 saturated carbocycles. The molecule has 13 heteroatoms. The molecule has 0 spiro atoms. The van der Waals surface area contributed by atoms with Crippen molar-refractivity contribution in [1.29, 1.82) is 0 Å². The lowest BCUT2D eigenvalue weighted by molar-refractivity contribution is -0.143. The van der Waals surface area contributed by atoms with Gasteiger partial charge in [0.25, 0.3) is 0 Å². The number of hydrogen-bond donors (Lipinski definition) is 4. The number of nitrogens with zero attached hydrogens (tertiary/aromatic N) is 5. The highest BCUT2D eigenvalue weighted by Crippen LogP contribution is 2.40. The van der Waals surface area contributed by atoms with Gasteiger partial charge in [-0.1, -0.05) is 60.7 Å². The van der Waals surface area contributed by atoms with Crippen LogP contribution in [-0.4, -0.2) is 120 Å². The summed E-state index contributed by atoms with van der Waals surface area (Å²) in [4.78, 5) is 59.8. The van der Waals surface area contributed by atoms with E-state index in [4.69, 9.17) is 11.5 Å². The van der Waals surface area contributed by atoms with Crippen molar-refractivity contribution in [3.05, 3.63) is 114 Å². The van der Waals surface area contributed by atoms with Crippen LogP contribution < -0.4 is 21.7 Å². The Bertz CT molecular complexity index is 1930. The Labute approximate surface area is 348 Å². The van der Waals surface area contributed by atoms with Crippen molar-refractivity contribution >= 4 is 35.0 Å². The number of carbonyl (C=O) groups is 4. The molecule has 4 amide bonds. The summed E-state index contributed by atoms with van der Waals surface area (Å²) in [6.07, 6.45) is 7.88. The molecular weight excluding hydrogens is 745 g/mol. The van der Waals surface area contributed by atoms with Crippen LogP contribution in [0.4, 0.5) is 5.69 Å². The van der Waals surface area contributed by atoms with Gasteiger partial charge in [0.1, 0.15) is 5.75 Å². The summed E-state index contributed by atoms with van der Waals surface area (Å²) in [5.74, 6) is 0.189. The number of nitrogens with one attached hydrogen (secondary N) is 1. The van der Waals surface area contributed by atoms with Crippen molar-refractivity contribution in [3.8, 4) is 5.75 Å². The van der Waals surface area contributed by atoms with Gasteiger partial charge in [-0.2, -0.15) is 0 Å². The number of likely N-dealkylation sites (tertiary alicyclic amines) is 2. The number of amides is 4. The Balaban J connectivity index is 0.000000654. The number of para-hydroxylation sites is 2. The van der Waals surface area contributed by atoms with Crippen molar-refractivity contribution in [2.75, 3.05) is 70.3 Å². The summed E-state index contributed by atoms with van der Waals surface area (Å²) in [6, 6.07) is 27.7. The first-order chi connectivity index (χ1) is 28.6. The predicted octanol–water partition coefficient (Wildman–Crippen LogP) is 4.00. The van der Waals surface area contributed by atoms with E-state index in [0.717, 1.165) is 50.3 Å². The molecule has 3 aromatic carbocycles. The Morgan fingerprint density at radius 1 is 0.814 bits per heavy atom. The molecule has 4 aliphatic rings. The quantitative estimate of drug-likeness (QED) is 0.174. The van der Waals surface area contributed by atoms with E-state index < -0.39 is 5.41 Å². The van der Waals surface area contributed by atoms with Gasteiger partial charge in [-0.25, -0.2) is 0 Å². The van der Waals surface area contributed by atoms with E-state index in [1.54, 1.807) is 30.5 Å². The highest BCUT2D eigenvalue weighted by molar-refractivity contribution is 5.97. The molecule has 59 heavy (non-hydrogen) atoms. The van der Waals surface area contributed by atoms with Crippen molar-refractivity contribution in [2.45, 2.75) is 63.3 Å². The Morgan fingerprint density at radius 2 is 1.41 bits per heavy atom. The highest BCUT2D eigenvalue weighted by Gasteiger charge is 2.46. The number of likely N-dealkylation sites (N-methyl/N-ethyl adjacent to an activating group) is 1. The Kier molecular flexibility index (Phi) is 14.7. The molecule has 0 aliphatic carbocycles. The molecule has 0 unspecified atom stereocenters. The minimum absolute atomic E-state index is 0.0837. The molecule has 6 N–H and O–H groups in total. The number of benzene rings is 3. The van der Waals surface area contributed by atoms with Gasteiger partial charge >= 0.3 is 0 Å². The lowest BCUT2D eigenvalue weighted by Crippen LogP contribution is -2.57. The van der Waals surface area contributed by atoms with E-state index in [0.29, 0.717) is 82.6 Å². The topological polar surface area (TPSA) is 169 Å². The normalized spacial score (nSPS) is 19.4. The van der Waals surface area contributed by atoms with E-state index in [2.05, 4.69) is 68.2 Å². The zero-order chi connectivity index (χ0) is 41.8. The number of nitrogens with two attached hydrogens (primary N) is 2. The number of phenols is 1. The van der Waals surface area contributed by atoms with E-state index in [9.17, 15) is 24.3 Å². The molecule has 4 saturated heterocycles. The smallest absolute Gasteiger partial charge is 0.236 e. The van der Waals surface area contributed by atoms with Crippen LogP contribution in [0.25, 0.3) is 5.70 Å². The molecule has 13 nitrogen and oxygen atoms in total. The average Bonchev–Trinajstić information content (AvgIpc) is 3.27. The summed E-state index contributed by atoms with van der Waals surface area (Å²) in [6.45, 7) is 9.29. The average molecular weight is 805 g/mol. The number of hydrogen-bond acceptors (Lipinski definition) is 10. The molecule has 314 valence electrons. The second-order valence-corrected chi connectivity index (χ2v) is 15.8. The highest BCUT2D eigenvalue weighted by atomic mass is 16.3. The maximum atomic E-state index is 14.8. The number of allylic oxidation sites excluding steroid dienone is 1. The summed E-state index contributed by atoms with van der Waals surface area (Å²) >= 11 is 0. The first kappa shape index (κ1) is 42.8. The first-order valence-corrected chi connectivity index (χ1v) is 21.0. The van der Waals surface area contributed by atoms with Gasteiger partial charge in [-0.15, -0.1) is 0 Å². The zero-order valence-electron chi connectivity index (χ0n) is 34.3. The van der Waals surface area contributed by atoms with Gasteiger partial charge < -0.3 is 36.2 Å². The number of imide groups is 1. The van der Waals surface area contributed by atoms with Crippen LogP contribution in [0.5, 0.6) is 5.75 Å². The molecular formula is C46H60N8O5. The van der Waals surface area contributed by atoms with Crippen molar-refractivity contribution in [1.82, 2.24) is 24.9 Å². The van der Waals surface area contributed by atoms with E-state index in [1.165, 1.54) is 5.69 Å². The lowest BCUT2D eigenvalue weighted by atomic mass is 9.71. The summed E-state index contributed by atoms with van der Waals surface area (Å²) < 4.78 is 0. The second kappa shape index (κ2) is 20.2. The standard InChI is InChI=1S/C41H53N7O3.C5H7NO2/c1-2-48(34-17-21-47(22-18-34)39(50)31-44-25-27-46(28-26-44)33-13-7-4-8-14-33)40(51)41(32-11-5-3-6-12-32)19-23-45(24-20-41)35(30-42)29-37(43)36-15-9-10-16-38(36)49;7-4-2-1-3-5(8)6-4/h3-16,29-30,34,49H,2,17-28,31,42-43H2,1H3;1-3H2,(H,6,7,8)/b35-30+,37-29-;. The molecule has 0 radical (unpaired) electrons. The van der Waals surface area contributed by atoms with Crippen LogP contribution in [0, 0.1) is 0 Å². The largest absolute Gasteiger partial charge is 0.507 e. The molecule has 3 aromatic rings. The number of rotatable bonds is 10. The Morgan fingerprint density at radius 3 is 1.97 bits per heavy atom. The molecule has 0 aromatic heterocycles. The Hall–Kier alpha value is -5.82. The molecule has 4 heterocycles. The lowest BCUT2D eigenvalue weighted by Gasteiger charge is -2.47. The SMILES string of the molecule is CCN(C(=O)C1(c2ccccc2)CCN(C(/C=C(\N)c2ccccc2O)=C/N)CC1)C1CCN(C(=O)CN2CCN(c3ccccc3)CC2)CC1.O=C1CCCC(=O)N1. The summed E-state index contributed by atoms with van der Waals surface area (Å²) in [7, 11) is 0. The van der Waals surface area contributed by atoms with Gasteiger partial charge in [0.05, 0.1) is 17.7 Å². The number of carbonyl (C=O) groups excluding carboxylic acids is 4.